The standard InChI is InChI=1S/C15H21N3O2/c1-2-20-12-7-15(8-12)5-6-18(10-15)13-4-3-11(9-17-13)14(16)19/h3-4,9,12H,2,5-8,10H2,1H3,(H2,16,19). The van der Waals surface area contributed by atoms with Crippen LogP contribution >= 0.6 is 0 Å². The van der Waals surface area contributed by atoms with Crippen LogP contribution in [-0.2, 0) is 4.74 Å². The van der Waals surface area contributed by atoms with E-state index in [1.165, 1.54) is 6.42 Å². The van der Waals surface area contributed by atoms with Gasteiger partial charge in [-0.05, 0) is 43.7 Å². The predicted octanol–water partition coefficient (Wildman–Crippen LogP) is 1.58. The molecule has 0 bridgehead atoms. The Kier molecular flexibility index (Phi) is 3.38. The summed E-state index contributed by atoms with van der Waals surface area (Å²) in [6.45, 7) is 4.93. The number of nitrogens with zero attached hydrogens (tertiary/aromatic N) is 2. The van der Waals surface area contributed by atoms with Crippen LogP contribution in [0.15, 0.2) is 18.3 Å². The molecule has 2 N–H and O–H groups in total. The maximum atomic E-state index is 11.0. The van der Waals surface area contributed by atoms with Gasteiger partial charge in [0.05, 0.1) is 11.7 Å². The van der Waals surface area contributed by atoms with Gasteiger partial charge in [0.2, 0.25) is 5.91 Å². The lowest BCUT2D eigenvalue weighted by atomic mass is 9.66. The molecule has 1 aliphatic carbocycles. The molecule has 2 heterocycles. The fraction of sp³-hybridized carbons (Fsp3) is 0.600. The molecule has 5 heteroatoms. The second-order valence-electron chi connectivity index (χ2n) is 5.93. The largest absolute Gasteiger partial charge is 0.378 e. The molecule has 2 aliphatic rings. The van der Waals surface area contributed by atoms with Gasteiger partial charge in [-0.2, -0.15) is 0 Å². The van der Waals surface area contributed by atoms with Gasteiger partial charge in [0.1, 0.15) is 5.82 Å². The van der Waals surface area contributed by atoms with E-state index in [0.717, 1.165) is 38.4 Å². The van der Waals surface area contributed by atoms with Crippen molar-refractivity contribution in [2.24, 2.45) is 11.1 Å². The van der Waals surface area contributed by atoms with Crippen molar-refractivity contribution in [1.29, 1.82) is 0 Å². The molecule has 2 fully saturated rings. The van der Waals surface area contributed by atoms with Gasteiger partial charge in [-0.3, -0.25) is 4.79 Å². The first kappa shape index (κ1) is 13.4. The number of aromatic nitrogens is 1. The summed E-state index contributed by atoms with van der Waals surface area (Å²) in [5.41, 5.74) is 6.11. The summed E-state index contributed by atoms with van der Waals surface area (Å²) in [6.07, 6.45) is 5.54. The highest BCUT2D eigenvalue weighted by Crippen LogP contribution is 2.49. The molecule has 0 atom stereocenters. The van der Waals surface area contributed by atoms with Gasteiger partial charge < -0.3 is 15.4 Å². The van der Waals surface area contributed by atoms with E-state index < -0.39 is 5.91 Å². The van der Waals surface area contributed by atoms with E-state index in [1.54, 1.807) is 12.3 Å². The highest BCUT2D eigenvalue weighted by molar-refractivity contribution is 5.92. The lowest BCUT2D eigenvalue weighted by Crippen LogP contribution is -2.44. The van der Waals surface area contributed by atoms with Crippen molar-refractivity contribution in [2.75, 3.05) is 24.6 Å². The lowest BCUT2D eigenvalue weighted by Gasteiger charge is -2.44. The van der Waals surface area contributed by atoms with Gasteiger partial charge in [-0.25, -0.2) is 4.98 Å². The van der Waals surface area contributed by atoms with Gasteiger partial charge in [-0.1, -0.05) is 0 Å². The normalized spacial score (nSPS) is 28.6. The SMILES string of the molecule is CCOC1CC2(CCN(c3ccc(C(N)=O)cn3)C2)C1. The van der Waals surface area contributed by atoms with Crippen LogP contribution in [0.25, 0.3) is 0 Å². The topological polar surface area (TPSA) is 68.5 Å². The highest BCUT2D eigenvalue weighted by atomic mass is 16.5. The molecule has 1 aliphatic heterocycles. The summed E-state index contributed by atoms with van der Waals surface area (Å²) in [4.78, 5) is 17.7. The number of anilines is 1. The second kappa shape index (κ2) is 5.05. The van der Waals surface area contributed by atoms with Crippen molar-refractivity contribution >= 4 is 11.7 Å². The van der Waals surface area contributed by atoms with Gasteiger partial charge in [0, 0.05) is 25.9 Å². The number of hydrogen-bond donors (Lipinski definition) is 1. The number of amides is 1. The van der Waals surface area contributed by atoms with Crippen molar-refractivity contribution in [3.63, 3.8) is 0 Å². The minimum Gasteiger partial charge on any atom is -0.378 e. The number of carbonyl (C=O) groups excluding carboxylic acids is 1. The summed E-state index contributed by atoms with van der Waals surface area (Å²) in [6, 6.07) is 3.64. The van der Waals surface area contributed by atoms with E-state index in [4.69, 9.17) is 10.5 Å². The maximum absolute atomic E-state index is 11.0. The van der Waals surface area contributed by atoms with Crippen LogP contribution in [0.1, 0.15) is 36.5 Å². The summed E-state index contributed by atoms with van der Waals surface area (Å²) in [5, 5.41) is 0. The smallest absolute Gasteiger partial charge is 0.250 e. The van der Waals surface area contributed by atoms with E-state index in [0.29, 0.717) is 17.1 Å². The van der Waals surface area contributed by atoms with Crippen LogP contribution < -0.4 is 10.6 Å². The van der Waals surface area contributed by atoms with Crippen molar-refractivity contribution in [1.82, 2.24) is 4.98 Å². The first-order valence-electron chi connectivity index (χ1n) is 7.24. The zero-order chi connectivity index (χ0) is 14.2. The molecule has 1 aromatic heterocycles. The van der Waals surface area contributed by atoms with Crippen LogP contribution in [0.3, 0.4) is 0 Å². The fourth-order valence-corrected chi connectivity index (χ4v) is 3.44. The quantitative estimate of drug-likeness (QED) is 0.905. The predicted molar refractivity (Wildman–Crippen MR) is 76.7 cm³/mol. The molecule has 108 valence electrons. The third-order valence-electron chi connectivity index (χ3n) is 4.52. The molecule has 1 amide bonds. The molecule has 1 spiro atoms. The molecule has 1 saturated heterocycles. The summed E-state index contributed by atoms with van der Waals surface area (Å²) >= 11 is 0. The first-order valence-corrected chi connectivity index (χ1v) is 7.24. The Bertz CT molecular complexity index is 494. The maximum Gasteiger partial charge on any atom is 0.250 e. The Labute approximate surface area is 119 Å². The summed E-state index contributed by atoms with van der Waals surface area (Å²) in [7, 11) is 0. The molecule has 1 saturated carbocycles. The number of nitrogens with two attached hydrogens (primary N) is 1. The van der Waals surface area contributed by atoms with Gasteiger partial charge in [0.15, 0.2) is 0 Å². The van der Waals surface area contributed by atoms with Crippen molar-refractivity contribution in [2.45, 2.75) is 32.3 Å². The Hall–Kier alpha value is -1.62. The monoisotopic (exact) mass is 275 g/mol. The van der Waals surface area contributed by atoms with Crippen LogP contribution in [0, 0.1) is 5.41 Å². The van der Waals surface area contributed by atoms with E-state index in [1.807, 2.05) is 6.07 Å². The third kappa shape index (κ3) is 2.38. The van der Waals surface area contributed by atoms with E-state index in [9.17, 15) is 4.79 Å². The molecule has 3 rings (SSSR count). The lowest BCUT2D eigenvalue weighted by molar-refractivity contribution is -0.0669. The van der Waals surface area contributed by atoms with Crippen molar-refractivity contribution in [3.05, 3.63) is 23.9 Å². The van der Waals surface area contributed by atoms with Gasteiger partial charge in [-0.15, -0.1) is 0 Å². The second-order valence-corrected chi connectivity index (χ2v) is 5.93. The van der Waals surface area contributed by atoms with E-state index in [2.05, 4.69) is 16.8 Å². The number of ether oxygens (including phenoxy) is 1. The molecule has 20 heavy (non-hydrogen) atoms. The number of hydrogen-bond acceptors (Lipinski definition) is 4. The average molecular weight is 275 g/mol. The Morgan fingerprint density at radius 1 is 1.55 bits per heavy atom. The number of pyridine rings is 1. The highest BCUT2D eigenvalue weighted by Gasteiger charge is 2.49. The molecule has 0 aromatic carbocycles. The van der Waals surface area contributed by atoms with Crippen LogP contribution in [0.4, 0.5) is 5.82 Å². The minimum atomic E-state index is -0.430. The van der Waals surface area contributed by atoms with E-state index in [-0.39, 0.29) is 0 Å². The zero-order valence-electron chi connectivity index (χ0n) is 11.8. The Morgan fingerprint density at radius 2 is 2.35 bits per heavy atom. The minimum absolute atomic E-state index is 0.421. The van der Waals surface area contributed by atoms with E-state index >= 15 is 0 Å². The van der Waals surface area contributed by atoms with Crippen molar-refractivity contribution < 1.29 is 9.53 Å². The number of primary amides is 1. The molecule has 0 radical (unpaired) electrons. The Morgan fingerprint density at radius 3 is 2.95 bits per heavy atom. The summed E-state index contributed by atoms with van der Waals surface area (Å²) in [5.74, 6) is 0.507. The fourth-order valence-electron chi connectivity index (χ4n) is 3.44. The van der Waals surface area contributed by atoms with Crippen LogP contribution in [0.2, 0.25) is 0 Å². The number of rotatable bonds is 4. The molecule has 1 aromatic rings. The zero-order valence-corrected chi connectivity index (χ0v) is 11.8. The third-order valence-corrected chi connectivity index (χ3v) is 4.52. The Balaban J connectivity index is 1.62. The van der Waals surface area contributed by atoms with Crippen LogP contribution in [0.5, 0.6) is 0 Å². The number of carbonyl (C=O) groups is 1. The average Bonchev–Trinajstić information content (AvgIpc) is 2.84. The van der Waals surface area contributed by atoms with Gasteiger partial charge in [0.25, 0.3) is 0 Å². The van der Waals surface area contributed by atoms with Crippen LogP contribution in [-0.4, -0.2) is 36.7 Å². The molecular weight excluding hydrogens is 254 g/mol. The summed E-state index contributed by atoms with van der Waals surface area (Å²) < 4.78 is 5.66. The molecular formula is C15H21N3O2. The van der Waals surface area contributed by atoms with Gasteiger partial charge >= 0.3 is 0 Å². The van der Waals surface area contributed by atoms with Crippen molar-refractivity contribution in [3.8, 4) is 0 Å². The molecule has 0 unspecified atom stereocenters. The molecule has 5 nitrogen and oxygen atoms in total. The first-order chi connectivity index (χ1) is 9.62.